The molecule has 6 heteroatoms. The van der Waals surface area contributed by atoms with Crippen LogP contribution in [0.2, 0.25) is 0 Å². The summed E-state index contributed by atoms with van der Waals surface area (Å²) >= 11 is 0. The fraction of sp³-hybridized carbons (Fsp3) is 0.538. The quantitative estimate of drug-likeness (QED) is 0.910. The molecule has 19 heavy (non-hydrogen) atoms. The first-order valence-electron chi connectivity index (χ1n) is 6.20. The van der Waals surface area contributed by atoms with E-state index in [0.29, 0.717) is 12.8 Å². The van der Waals surface area contributed by atoms with Crippen LogP contribution in [0.1, 0.15) is 42.7 Å². The molecular weight excluding hydrogens is 272 g/mol. The molecule has 0 heterocycles. The van der Waals surface area contributed by atoms with Gasteiger partial charge in [-0.2, -0.15) is 0 Å². The molecule has 0 saturated heterocycles. The maximum absolute atomic E-state index is 13.1. The Morgan fingerprint density at radius 2 is 1.84 bits per heavy atom. The van der Waals surface area contributed by atoms with E-state index in [9.17, 15) is 17.2 Å². The standard InChI is InChI=1S/C13H17F2NO2S/c1-9-8-11(19(16,17)18)2-3-12(9)10-4-6-13(14,15)7-5-10/h2-3,8,10H,4-7H2,1H3,(H2,16,17,18). The SMILES string of the molecule is Cc1cc(S(N)(=O)=O)ccc1C1CCC(F)(F)CC1. The Balaban J connectivity index is 2.23. The van der Waals surface area contributed by atoms with Gasteiger partial charge in [0.1, 0.15) is 0 Å². The summed E-state index contributed by atoms with van der Waals surface area (Å²) in [6.07, 6.45) is 0.660. The fourth-order valence-corrected chi connectivity index (χ4v) is 3.23. The highest BCUT2D eigenvalue weighted by atomic mass is 32.2. The average Bonchev–Trinajstić information content (AvgIpc) is 2.28. The van der Waals surface area contributed by atoms with Gasteiger partial charge in [-0.15, -0.1) is 0 Å². The summed E-state index contributed by atoms with van der Waals surface area (Å²) < 4.78 is 48.7. The van der Waals surface area contributed by atoms with Crippen molar-refractivity contribution in [2.24, 2.45) is 5.14 Å². The van der Waals surface area contributed by atoms with Crippen molar-refractivity contribution in [3.05, 3.63) is 29.3 Å². The van der Waals surface area contributed by atoms with Crippen LogP contribution in [0.4, 0.5) is 8.78 Å². The number of hydrogen-bond donors (Lipinski definition) is 1. The highest BCUT2D eigenvalue weighted by Crippen LogP contribution is 2.41. The van der Waals surface area contributed by atoms with Gasteiger partial charge in [-0.1, -0.05) is 6.07 Å². The molecule has 1 aliphatic rings. The van der Waals surface area contributed by atoms with Crippen LogP contribution in [-0.2, 0) is 10.0 Å². The second-order valence-corrected chi connectivity index (χ2v) is 6.76. The second kappa shape index (κ2) is 4.83. The summed E-state index contributed by atoms with van der Waals surface area (Å²) in [5.74, 6) is -2.47. The molecule has 0 unspecified atom stereocenters. The number of hydrogen-bond acceptors (Lipinski definition) is 2. The van der Waals surface area contributed by atoms with Crippen molar-refractivity contribution in [1.29, 1.82) is 0 Å². The Morgan fingerprint density at radius 1 is 1.26 bits per heavy atom. The van der Waals surface area contributed by atoms with Gasteiger partial charge < -0.3 is 0 Å². The molecule has 0 bridgehead atoms. The van der Waals surface area contributed by atoms with Gasteiger partial charge in [0.05, 0.1) is 4.90 Å². The van der Waals surface area contributed by atoms with Crippen LogP contribution in [0.3, 0.4) is 0 Å². The number of primary sulfonamides is 1. The molecule has 0 spiro atoms. The van der Waals surface area contributed by atoms with Crippen molar-refractivity contribution in [2.75, 3.05) is 0 Å². The average molecular weight is 289 g/mol. The van der Waals surface area contributed by atoms with Gasteiger partial charge in [-0.05, 0) is 48.9 Å². The molecule has 0 aliphatic heterocycles. The van der Waals surface area contributed by atoms with Gasteiger partial charge in [-0.25, -0.2) is 22.3 Å². The summed E-state index contributed by atoms with van der Waals surface area (Å²) in [5, 5.41) is 5.06. The van der Waals surface area contributed by atoms with E-state index < -0.39 is 15.9 Å². The first-order valence-corrected chi connectivity index (χ1v) is 7.75. The number of rotatable bonds is 2. The third-order valence-electron chi connectivity index (χ3n) is 3.73. The van der Waals surface area contributed by atoms with Crippen molar-refractivity contribution in [2.45, 2.75) is 49.3 Å². The molecule has 2 rings (SSSR count). The largest absolute Gasteiger partial charge is 0.248 e. The van der Waals surface area contributed by atoms with Crippen molar-refractivity contribution >= 4 is 10.0 Å². The van der Waals surface area contributed by atoms with E-state index in [-0.39, 0.29) is 23.7 Å². The molecule has 1 aliphatic carbocycles. The third-order valence-corrected chi connectivity index (χ3v) is 4.64. The molecule has 0 radical (unpaired) electrons. The van der Waals surface area contributed by atoms with E-state index in [1.807, 2.05) is 0 Å². The molecule has 2 N–H and O–H groups in total. The predicted octanol–water partition coefficient (Wildman–Crippen LogP) is 2.94. The normalized spacial score (nSPS) is 20.4. The van der Waals surface area contributed by atoms with Gasteiger partial charge >= 0.3 is 0 Å². The minimum absolute atomic E-state index is 0.0647. The number of sulfonamides is 1. The monoisotopic (exact) mass is 289 g/mol. The lowest BCUT2D eigenvalue weighted by atomic mass is 9.81. The van der Waals surface area contributed by atoms with Gasteiger partial charge in [-0.3, -0.25) is 0 Å². The van der Waals surface area contributed by atoms with Crippen LogP contribution in [0.25, 0.3) is 0 Å². The lowest BCUT2D eigenvalue weighted by Gasteiger charge is -2.29. The van der Waals surface area contributed by atoms with E-state index in [2.05, 4.69) is 0 Å². The van der Waals surface area contributed by atoms with Crippen LogP contribution in [0.15, 0.2) is 23.1 Å². The molecule has 1 aromatic rings. The number of aryl methyl sites for hydroxylation is 1. The van der Waals surface area contributed by atoms with Crippen LogP contribution in [0.5, 0.6) is 0 Å². The highest BCUT2D eigenvalue weighted by Gasteiger charge is 2.35. The third kappa shape index (κ3) is 3.30. The predicted molar refractivity (Wildman–Crippen MR) is 68.7 cm³/mol. The van der Waals surface area contributed by atoms with Gasteiger partial charge in [0, 0.05) is 12.8 Å². The molecule has 0 atom stereocenters. The molecule has 0 aromatic heterocycles. The van der Waals surface area contributed by atoms with Crippen LogP contribution < -0.4 is 5.14 Å². The summed E-state index contributed by atoms with van der Waals surface area (Å²) in [4.78, 5) is 0.0647. The zero-order valence-electron chi connectivity index (χ0n) is 10.7. The van der Waals surface area contributed by atoms with Crippen LogP contribution in [0, 0.1) is 6.92 Å². The van der Waals surface area contributed by atoms with Gasteiger partial charge in [0.25, 0.3) is 0 Å². The number of alkyl halides is 2. The molecule has 3 nitrogen and oxygen atoms in total. The Bertz CT molecular complexity index is 574. The molecule has 0 amide bonds. The Labute approximate surface area is 111 Å². The topological polar surface area (TPSA) is 60.2 Å². The molecular formula is C13H17F2NO2S. The van der Waals surface area contributed by atoms with E-state index in [1.54, 1.807) is 13.0 Å². The Kier molecular flexibility index (Phi) is 3.66. The lowest BCUT2D eigenvalue weighted by Crippen LogP contribution is -2.24. The summed E-state index contributed by atoms with van der Waals surface area (Å²) in [6, 6.07) is 4.66. The minimum Gasteiger partial charge on any atom is -0.225 e. The van der Waals surface area contributed by atoms with Crippen LogP contribution in [-0.4, -0.2) is 14.3 Å². The Hall–Kier alpha value is -1.01. The van der Waals surface area contributed by atoms with Gasteiger partial charge in [0.2, 0.25) is 15.9 Å². The minimum atomic E-state index is -3.71. The van der Waals surface area contributed by atoms with Crippen molar-refractivity contribution in [3.8, 4) is 0 Å². The summed E-state index contributed by atoms with van der Waals surface area (Å²) in [6.45, 7) is 1.79. The van der Waals surface area contributed by atoms with E-state index in [0.717, 1.165) is 11.1 Å². The molecule has 1 fully saturated rings. The first kappa shape index (κ1) is 14.4. The zero-order valence-corrected chi connectivity index (χ0v) is 11.5. The van der Waals surface area contributed by atoms with E-state index >= 15 is 0 Å². The summed E-state index contributed by atoms with van der Waals surface area (Å²) in [7, 11) is -3.71. The fourth-order valence-electron chi connectivity index (χ4n) is 2.63. The zero-order chi connectivity index (χ0) is 14.3. The molecule has 1 saturated carbocycles. The van der Waals surface area contributed by atoms with E-state index in [1.165, 1.54) is 12.1 Å². The maximum atomic E-state index is 13.1. The lowest BCUT2D eigenvalue weighted by molar-refractivity contribution is -0.0382. The number of nitrogens with two attached hydrogens (primary N) is 1. The number of benzene rings is 1. The van der Waals surface area contributed by atoms with E-state index in [4.69, 9.17) is 5.14 Å². The van der Waals surface area contributed by atoms with Crippen LogP contribution >= 0.6 is 0 Å². The van der Waals surface area contributed by atoms with Crippen molar-refractivity contribution in [1.82, 2.24) is 0 Å². The molecule has 1 aromatic carbocycles. The maximum Gasteiger partial charge on any atom is 0.248 e. The van der Waals surface area contributed by atoms with Crippen molar-refractivity contribution in [3.63, 3.8) is 0 Å². The highest BCUT2D eigenvalue weighted by molar-refractivity contribution is 7.89. The molecule has 106 valence electrons. The summed E-state index contributed by atoms with van der Waals surface area (Å²) in [5.41, 5.74) is 1.74. The Morgan fingerprint density at radius 3 is 2.32 bits per heavy atom. The second-order valence-electron chi connectivity index (χ2n) is 5.19. The van der Waals surface area contributed by atoms with Gasteiger partial charge in [0.15, 0.2) is 0 Å². The number of halogens is 2. The smallest absolute Gasteiger partial charge is 0.225 e. The first-order chi connectivity index (χ1) is 8.69. The van der Waals surface area contributed by atoms with Crippen molar-refractivity contribution < 1.29 is 17.2 Å².